The van der Waals surface area contributed by atoms with Crippen LogP contribution in [0.25, 0.3) is 0 Å². The van der Waals surface area contributed by atoms with Crippen molar-refractivity contribution in [3.8, 4) is 5.75 Å². The minimum absolute atomic E-state index is 0.0531. The van der Waals surface area contributed by atoms with E-state index in [2.05, 4.69) is 26.2 Å². The van der Waals surface area contributed by atoms with Gasteiger partial charge in [0.2, 0.25) is 11.9 Å². The number of methoxy groups -OCH3 is 1. The summed E-state index contributed by atoms with van der Waals surface area (Å²) in [7, 11) is 1.58. The summed E-state index contributed by atoms with van der Waals surface area (Å²) in [5, 5.41) is 8.92. The van der Waals surface area contributed by atoms with Crippen molar-refractivity contribution < 1.29 is 18.7 Å². The zero-order chi connectivity index (χ0) is 19.9. The molecule has 0 saturated carbocycles. The molecule has 0 saturated heterocycles. The van der Waals surface area contributed by atoms with E-state index in [-0.39, 0.29) is 18.1 Å². The van der Waals surface area contributed by atoms with Gasteiger partial charge in [0.15, 0.2) is 0 Å². The Labute approximate surface area is 160 Å². The van der Waals surface area contributed by atoms with Gasteiger partial charge < -0.3 is 10.1 Å². The fourth-order valence-corrected chi connectivity index (χ4v) is 2.44. The van der Waals surface area contributed by atoms with Gasteiger partial charge in [-0.3, -0.25) is 14.9 Å². The van der Waals surface area contributed by atoms with E-state index in [1.165, 1.54) is 18.2 Å². The molecule has 0 aromatic heterocycles. The lowest BCUT2D eigenvalue weighted by Gasteiger charge is -2.07. The third-order valence-electron chi connectivity index (χ3n) is 3.86. The zero-order valence-electron chi connectivity index (χ0n) is 15.0. The number of benzene rings is 2. The molecule has 3 rings (SSSR count). The van der Waals surface area contributed by atoms with E-state index in [4.69, 9.17) is 4.74 Å². The first kappa shape index (κ1) is 19.0. The van der Waals surface area contributed by atoms with Crippen molar-refractivity contribution in [1.29, 1.82) is 0 Å². The van der Waals surface area contributed by atoms with Crippen molar-refractivity contribution in [2.75, 3.05) is 12.4 Å². The first-order valence-corrected chi connectivity index (χ1v) is 8.41. The lowest BCUT2D eigenvalue weighted by molar-refractivity contribution is -0.123. The van der Waals surface area contributed by atoms with Crippen LogP contribution in [-0.2, 0) is 9.59 Å². The van der Waals surface area contributed by atoms with Crippen LogP contribution in [0.2, 0.25) is 0 Å². The molecule has 1 atom stereocenters. The van der Waals surface area contributed by atoms with Crippen LogP contribution in [0.4, 0.5) is 10.1 Å². The highest BCUT2D eigenvalue weighted by Crippen LogP contribution is 2.14. The van der Waals surface area contributed by atoms with Crippen molar-refractivity contribution >= 4 is 29.7 Å². The highest BCUT2D eigenvalue weighted by Gasteiger charge is 2.28. The normalized spacial score (nSPS) is 15.9. The van der Waals surface area contributed by atoms with E-state index in [0.29, 0.717) is 0 Å². The zero-order valence-corrected chi connectivity index (χ0v) is 15.0. The minimum Gasteiger partial charge on any atom is -0.497 e. The second-order valence-electron chi connectivity index (χ2n) is 5.86. The number of anilines is 1. The van der Waals surface area contributed by atoms with E-state index in [0.717, 1.165) is 11.3 Å². The average molecular weight is 383 g/mol. The molecule has 2 aromatic rings. The van der Waals surface area contributed by atoms with Crippen molar-refractivity contribution in [2.24, 2.45) is 10.1 Å². The summed E-state index contributed by atoms with van der Waals surface area (Å²) in [4.78, 5) is 28.1. The van der Waals surface area contributed by atoms with Crippen LogP contribution in [0.1, 0.15) is 12.0 Å². The molecule has 8 nitrogen and oxygen atoms in total. The molecule has 2 aromatic carbocycles. The van der Waals surface area contributed by atoms with Crippen molar-refractivity contribution in [1.82, 2.24) is 10.7 Å². The SMILES string of the molecule is COc1ccc(/C=N\NC2=N[C@H](CC(=O)Nc3ccccc3F)C(=O)N2)cc1. The fraction of sp³-hybridized carbons (Fsp3) is 0.158. The molecule has 0 aliphatic carbocycles. The number of para-hydroxylation sites is 1. The Morgan fingerprint density at radius 3 is 2.75 bits per heavy atom. The van der Waals surface area contributed by atoms with Gasteiger partial charge in [0, 0.05) is 0 Å². The van der Waals surface area contributed by atoms with Gasteiger partial charge in [0.1, 0.15) is 17.6 Å². The topological polar surface area (TPSA) is 104 Å². The number of halogens is 1. The van der Waals surface area contributed by atoms with Crippen LogP contribution in [-0.4, -0.2) is 37.1 Å². The Bertz CT molecular complexity index is 927. The summed E-state index contributed by atoms with van der Waals surface area (Å²) < 4.78 is 18.6. The quantitative estimate of drug-likeness (QED) is 0.521. The number of amides is 2. The number of aliphatic imine (C=N–C) groups is 1. The number of hydrogen-bond acceptors (Lipinski definition) is 6. The number of nitrogens with zero attached hydrogens (tertiary/aromatic N) is 2. The number of hydrazone groups is 1. The largest absolute Gasteiger partial charge is 0.497 e. The van der Waals surface area contributed by atoms with Crippen LogP contribution in [0.3, 0.4) is 0 Å². The number of rotatable bonds is 6. The minimum atomic E-state index is -0.912. The summed E-state index contributed by atoms with van der Waals surface area (Å²) in [5.74, 6) is -0.638. The fourth-order valence-electron chi connectivity index (χ4n) is 2.44. The molecule has 1 aliphatic heterocycles. The van der Waals surface area contributed by atoms with Crippen LogP contribution in [0.15, 0.2) is 58.6 Å². The summed E-state index contributed by atoms with van der Waals surface area (Å²) in [6.07, 6.45) is 1.33. The third kappa shape index (κ3) is 4.91. The van der Waals surface area contributed by atoms with Crippen molar-refractivity contribution in [3.05, 3.63) is 59.9 Å². The first-order chi connectivity index (χ1) is 13.5. The van der Waals surface area contributed by atoms with Crippen LogP contribution < -0.4 is 20.8 Å². The molecular formula is C19H18FN5O3. The summed E-state index contributed by atoms with van der Waals surface area (Å²) in [5.41, 5.74) is 3.49. The van der Waals surface area contributed by atoms with E-state index in [9.17, 15) is 14.0 Å². The van der Waals surface area contributed by atoms with Crippen LogP contribution in [0.5, 0.6) is 5.75 Å². The maximum Gasteiger partial charge on any atom is 0.252 e. The second kappa shape index (κ2) is 8.76. The van der Waals surface area contributed by atoms with Crippen LogP contribution in [0, 0.1) is 5.82 Å². The Morgan fingerprint density at radius 2 is 2.04 bits per heavy atom. The Kier molecular flexibility index (Phi) is 5.95. The highest BCUT2D eigenvalue weighted by atomic mass is 19.1. The van der Waals surface area contributed by atoms with E-state index >= 15 is 0 Å². The lowest BCUT2D eigenvalue weighted by atomic mass is 10.2. The number of carbonyl (C=O) groups is 2. The van der Waals surface area contributed by atoms with Crippen molar-refractivity contribution in [2.45, 2.75) is 12.5 Å². The summed E-state index contributed by atoms with van der Waals surface area (Å²) >= 11 is 0. The molecule has 0 bridgehead atoms. The second-order valence-corrected chi connectivity index (χ2v) is 5.86. The molecular weight excluding hydrogens is 365 g/mol. The van der Waals surface area contributed by atoms with Gasteiger partial charge in [0.05, 0.1) is 25.4 Å². The number of carbonyl (C=O) groups excluding carboxylic acids is 2. The van der Waals surface area contributed by atoms with Gasteiger partial charge in [0.25, 0.3) is 5.91 Å². The molecule has 0 fully saturated rings. The molecule has 1 heterocycles. The summed E-state index contributed by atoms with van der Waals surface area (Å²) in [6, 6.07) is 12.1. The van der Waals surface area contributed by atoms with E-state index < -0.39 is 23.7 Å². The van der Waals surface area contributed by atoms with Gasteiger partial charge >= 0.3 is 0 Å². The number of ether oxygens (including phenoxy) is 1. The molecule has 0 spiro atoms. The molecule has 2 amide bonds. The predicted molar refractivity (Wildman–Crippen MR) is 103 cm³/mol. The van der Waals surface area contributed by atoms with Gasteiger partial charge in [-0.25, -0.2) is 14.8 Å². The molecule has 3 N–H and O–H groups in total. The molecule has 28 heavy (non-hydrogen) atoms. The highest BCUT2D eigenvalue weighted by molar-refractivity contribution is 6.07. The number of nitrogens with one attached hydrogen (secondary N) is 3. The molecule has 0 radical (unpaired) electrons. The monoisotopic (exact) mass is 383 g/mol. The van der Waals surface area contributed by atoms with E-state index in [1.807, 2.05) is 12.1 Å². The van der Waals surface area contributed by atoms with E-state index in [1.54, 1.807) is 31.5 Å². The molecule has 9 heteroatoms. The number of hydrogen-bond donors (Lipinski definition) is 3. The Morgan fingerprint density at radius 1 is 1.29 bits per heavy atom. The molecule has 0 unspecified atom stereocenters. The van der Waals surface area contributed by atoms with Gasteiger partial charge in [-0.05, 0) is 42.0 Å². The predicted octanol–water partition coefficient (Wildman–Crippen LogP) is 1.64. The Balaban J connectivity index is 1.54. The summed E-state index contributed by atoms with van der Waals surface area (Å²) in [6.45, 7) is 0. The van der Waals surface area contributed by atoms with Gasteiger partial charge in [-0.1, -0.05) is 12.1 Å². The lowest BCUT2D eigenvalue weighted by Crippen LogP contribution is -2.35. The van der Waals surface area contributed by atoms with Gasteiger partial charge in [-0.2, -0.15) is 5.10 Å². The van der Waals surface area contributed by atoms with Gasteiger partial charge in [-0.15, -0.1) is 0 Å². The Hall–Kier alpha value is -3.75. The number of guanidine groups is 1. The maximum atomic E-state index is 13.6. The molecule has 1 aliphatic rings. The maximum absolute atomic E-state index is 13.6. The first-order valence-electron chi connectivity index (χ1n) is 8.41. The third-order valence-corrected chi connectivity index (χ3v) is 3.86. The van der Waals surface area contributed by atoms with Crippen molar-refractivity contribution in [3.63, 3.8) is 0 Å². The molecule has 144 valence electrons. The average Bonchev–Trinajstić information content (AvgIpc) is 3.03. The smallest absolute Gasteiger partial charge is 0.252 e. The van der Waals surface area contributed by atoms with Crippen LogP contribution >= 0.6 is 0 Å². The standard InChI is InChI=1S/C19H18FN5O3/c1-28-13-8-6-12(7-9-13)11-21-25-19-23-16(18(27)24-19)10-17(26)22-15-5-3-2-4-14(15)20/h2-9,11,16H,10H2,1H3,(H,22,26)(H2,23,24,25,27)/b21-11-/t16-/m1/s1.